The van der Waals surface area contributed by atoms with Crippen molar-refractivity contribution in [2.45, 2.75) is 39.3 Å². The normalized spacial score (nSPS) is 11.6. The lowest BCUT2D eigenvalue weighted by atomic mass is 10.0. The third kappa shape index (κ3) is 4.78. The highest BCUT2D eigenvalue weighted by molar-refractivity contribution is 5.95. The number of benzene rings is 1. The molecule has 0 aliphatic carbocycles. The zero-order valence-corrected chi connectivity index (χ0v) is 13.6. The molecule has 2 rings (SSSR count). The number of aromatic nitrogens is 1. The number of Topliss-reactive ketones (excluding diaryl/α,β-unsaturated/α-hetero) is 1. The van der Waals surface area contributed by atoms with E-state index in [0.717, 1.165) is 13.1 Å². The lowest BCUT2D eigenvalue weighted by molar-refractivity contribution is 0.0896. The maximum atomic E-state index is 12.3. The quantitative estimate of drug-likeness (QED) is 0.757. The number of pyridine rings is 1. The minimum Gasteiger partial charge on any atom is -0.294 e. The summed E-state index contributed by atoms with van der Waals surface area (Å²) in [5.41, 5.74) is 1.98. The van der Waals surface area contributed by atoms with Crippen LogP contribution in [0.2, 0.25) is 0 Å². The molecule has 0 amide bonds. The Bertz CT molecular complexity index is 588. The average Bonchev–Trinajstić information content (AvgIpc) is 2.52. The summed E-state index contributed by atoms with van der Waals surface area (Å²) < 4.78 is 0. The molecule has 3 heteroatoms. The average molecular weight is 296 g/mol. The van der Waals surface area contributed by atoms with E-state index in [1.807, 2.05) is 12.1 Å². The van der Waals surface area contributed by atoms with Crippen molar-refractivity contribution in [3.63, 3.8) is 0 Å². The van der Waals surface area contributed by atoms with Crippen molar-refractivity contribution in [2.24, 2.45) is 0 Å². The number of carbonyl (C=O) groups is 1. The second-order valence-electron chi connectivity index (χ2n) is 6.49. The van der Waals surface area contributed by atoms with Crippen LogP contribution in [0.1, 0.15) is 43.1 Å². The molecule has 1 aromatic carbocycles. The summed E-state index contributed by atoms with van der Waals surface area (Å²) in [6.07, 6.45) is 3.84. The topological polar surface area (TPSA) is 33.2 Å². The van der Waals surface area contributed by atoms with Gasteiger partial charge in [0.15, 0.2) is 5.78 Å². The first-order chi connectivity index (χ1) is 10.5. The minimum absolute atomic E-state index is 0.0189. The van der Waals surface area contributed by atoms with Crippen molar-refractivity contribution >= 4 is 5.78 Å². The van der Waals surface area contributed by atoms with Gasteiger partial charge >= 0.3 is 0 Å². The van der Waals surface area contributed by atoms with Crippen molar-refractivity contribution in [3.8, 4) is 0 Å². The third-order valence-corrected chi connectivity index (χ3v) is 3.76. The molecule has 0 bridgehead atoms. The predicted octanol–water partition coefficient (Wildman–Crippen LogP) is 3.96. The summed E-state index contributed by atoms with van der Waals surface area (Å²) in [5.74, 6) is 0.149. The molecular formula is C19H24N2O. The second kappa shape index (κ2) is 7.32. The van der Waals surface area contributed by atoms with Gasteiger partial charge in [0.25, 0.3) is 0 Å². The zero-order chi connectivity index (χ0) is 16.0. The highest BCUT2D eigenvalue weighted by atomic mass is 16.1. The van der Waals surface area contributed by atoms with Crippen molar-refractivity contribution < 1.29 is 4.79 Å². The van der Waals surface area contributed by atoms with E-state index in [0.29, 0.717) is 12.0 Å². The van der Waals surface area contributed by atoms with E-state index >= 15 is 0 Å². The lowest BCUT2D eigenvalue weighted by Gasteiger charge is -2.35. The smallest absolute Gasteiger partial charge is 0.165 e. The number of hydrogen-bond donors (Lipinski definition) is 0. The maximum Gasteiger partial charge on any atom is 0.165 e. The number of nitrogens with zero attached hydrogens (tertiary/aromatic N) is 2. The molecule has 0 saturated carbocycles. The van der Waals surface area contributed by atoms with Crippen LogP contribution in [0.3, 0.4) is 0 Å². The summed E-state index contributed by atoms with van der Waals surface area (Å²) in [6, 6.07) is 14.0. The van der Waals surface area contributed by atoms with Gasteiger partial charge in [-0.25, -0.2) is 0 Å². The number of hydrogen-bond acceptors (Lipinski definition) is 3. The molecule has 0 radical (unpaired) electrons. The standard InChI is InChI=1S/C19H24N2O/c1-19(2,3)21(15-16-8-5-4-6-9-16)13-11-18(22)17-10-7-12-20-14-17/h4-10,12,14H,11,13,15H2,1-3H3. The van der Waals surface area contributed by atoms with Crippen LogP contribution >= 0.6 is 0 Å². The lowest BCUT2D eigenvalue weighted by Crippen LogP contribution is -2.42. The van der Waals surface area contributed by atoms with E-state index in [1.54, 1.807) is 18.5 Å². The highest BCUT2D eigenvalue weighted by Gasteiger charge is 2.22. The van der Waals surface area contributed by atoms with Crippen LogP contribution in [0.25, 0.3) is 0 Å². The molecule has 2 aromatic rings. The first kappa shape index (κ1) is 16.4. The van der Waals surface area contributed by atoms with Crippen molar-refractivity contribution in [2.75, 3.05) is 6.54 Å². The summed E-state index contributed by atoms with van der Waals surface area (Å²) >= 11 is 0. The van der Waals surface area contributed by atoms with E-state index < -0.39 is 0 Å². The first-order valence-corrected chi connectivity index (χ1v) is 7.69. The van der Waals surface area contributed by atoms with Crippen LogP contribution in [0.5, 0.6) is 0 Å². The van der Waals surface area contributed by atoms with Gasteiger partial charge in [-0.05, 0) is 38.5 Å². The van der Waals surface area contributed by atoms with Crippen LogP contribution in [-0.4, -0.2) is 27.8 Å². The van der Waals surface area contributed by atoms with Crippen molar-refractivity contribution in [1.29, 1.82) is 0 Å². The minimum atomic E-state index is 0.0189. The Morgan fingerprint density at radius 1 is 1.09 bits per heavy atom. The van der Waals surface area contributed by atoms with Gasteiger partial charge in [0.2, 0.25) is 0 Å². The number of carbonyl (C=O) groups excluding carboxylic acids is 1. The Morgan fingerprint density at radius 2 is 1.82 bits per heavy atom. The predicted molar refractivity (Wildman–Crippen MR) is 89.8 cm³/mol. The molecular weight excluding hydrogens is 272 g/mol. The fraction of sp³-hybridized carbons (Fsp3) is 0.368. The van der Waals surface area contributed by atoms with Crippen LogP contribution in [0.15, 0.2) is 54.9 Å². The fourth-order valence-electron chi connectivity index (χ4n) is 2.36. The Hall–Kier alpha value is -2.00. The van der Waals surface area contributed by atoms with E-state index in [4.69, 9.17) is 0 Å². The summed E-state index contributed by atoms with van der Waals surface area (Å²) in [6.45, 7) is 8.15. The van der Waals surface area contributed by atoms with Crippen LogP contribution < -0.4 is 0 Å². The molecule has 0 aliphatic heterocycles. The van der Waals surface area contributed by atoms with Gasteiger partial charge in [0, 0.05) is 43.0 Å². The summed E-state index contributed by atoms with van der Waals surface area (Å²) in [7, 11) is 0. The Morgan fingerprint density at radius 3 is 2.41 bits per heavy atom. The molecule has 116 valence electrons. The van der Waals surface area contributed by atoms with E-state index in [-0.39, 0.29) is 11.3 Å². The Labute approximate surface area is 133 Å². The summed E-state index contributed by atoms with van der Waals surface area (Å²) in [4.78, 5) is 18.6. The Kier molecular flexibility index (Phi) is 5.45. The number of rotatable bonds is 6. The molecule has 1 aromatic heterocycles. The van der Waals surface area contributed by atoms with Crippen molar-refractivity contribution in [3.05, 3.63) is 66.0 Å². The highest BCUT2D eigenvalue weighted by Crippen LogP contribution is 2.18. The van der Waals surface area contributed by atoms with Gasteiger partial charge in [0.05, 0.1) is 0 Å². The zero-order valence-electron chi connectivity index (χ0n) is 13.6. The Balaban J connectivity index is 2.00. The van der Waals surface area contributed by atoms with Crippen molar-refractivity contribution in [1.82, 2.24) is 9.88 Å². The largest absolute Gasteiger partial charge is 0.294 e. The van der Waals surface area contributed by atoms with E-state index in [1.165, 1.54) is 5.56 Å². The monoisotopic (exact) mass is 296 g/mol. The third-order valence-electron chi connectivity index (χ3n) is 3.76. The first-order valence-electron chi connectivity index (χ1n) is 7.69. The molecule has 0 spiro atoms. The molecule has 1 heterocycles. The molecule has 3 nitrogen and oxygen atoms in total. The van der Waals surface area contributed by atoms with Gasteiger partial charge < -0.3 is 0 Å². The summed E-state index contributed by atoms with van der Waals surface area (Å²) in [5, 5.41) is 0. The van der Waals surface area contributed by atoms with Crippen LogP contribution in [0.4, 0.5) is 0 Å². The maximum absolute atomic E-state index is 12.3. The van der Waals surface area contributed by atoms with Gasteiger partial charge in [-0.2, -0.15) is 0 Å². The van der Waals surface area contributed by atoms with E-state index in [2.05, 4.69) is 54.9 Å². The molecule has 0 unspecified atom stereocenters. The van der Waals surface area contributed by atoms with Crippen LogP contribution in [0, 0.1) is 0 Å². The molecule has 0 atom stereocenters. The van der Waals surface area contributed by atoms with Gasteiger partial charge in [0.1, 0.15) is 0 Å². The van der Waals surface area contributed by atoms with Crippen LogP contribution in [-0.2, 0) is 6.54 Å². The van der Waals surface area contributed by atoms with E-state index in [9.17, 15) is 4.79 Å². The molecule has 0 aliphatic rings. The van der Waals surface area contributed by atoms with Gasteiger partial charge in [-0.15, -0.1) is 0 Å². The fourth-order valence-corrected chi connectivity index (χ4v) is 2.36. The molecule has 0 saturated heterocycles. The molecule has 22 heavy (non-hydrogen) atoms. The SMILES string of the molecule is CC(C)(C)N(CCC(=O)c1cccnc1)Cc1ccccc1. The number of ketones is 1. The van der Waals surface area contributed by atoms with Gasteiger partial charge in [-0.3, -0.25) is 14.7 Å². The molecule has 0 fully saturated rings. The molecule has 0 N–H and O–H groups in total. The second-order valence-corrected chi connectivity index (χ2v) is 6.49. The van der Waals surface area contributed by atoms with Gasteiger partial charge in [-0.1, -0.05) is 30.3 Å².